The fourth-order valence-electron chi connectivity index (χ4n) is 4.21. The molecule has 2 atom stereocenters. The van der Waals surface area contributed by atoms with Crippen molar-refractivity contribution in [2.24, 2.45) is 5.92 Å². The molecule has 0 spiro atoms. The van der Waals surface area contributed by atoms with Crippen LogP contribution in [0.2, 0.25) is 0 Å². The van der Waals surface area contributed by atoms with E-state index in [0.29, 0.717) is 13.0 Å². The number of hydrogen-bond acceptors (Lipinski definition) is 4. The van der Waals surface area contributed by atoms with Gasteiger partial charge in [-0.25, -0.2) is 0 Å². The van der Waals surface area contributed by atoms with E-state index in [-0.39, 0.29) is 29.8 Å². The summed E-state index contributed by atoms with van der Waals surface area (Å²) in [4.78, 5) is 28.7. The minimum atomic E-state index is -0.156. The van der Waals surface area contributed by atoms with E-state index in [1.54, 1.807) is 11.3 Å². The summed E-state index contributed by atoms with van der Waals surface area (Å²) in [7, 11) is 0. The first-order chi connectivity index (χ1) is 12.7. The van der Waals surface area contributed by atoms with Crippen molar-refractivity contribution in [1.82, 2.24) is 15.5 Å². The van der Waals surface area contributed by atoms with E-state index in [0.717, 1.165) is 38.8 Å². The summed E-state index contributed by atoms with van der Waals surface area (Å²) in [5.74, 6) is 0.437. The Bertz CT molecular complexity index is 582. The number of nitrogens with zero attached hydrogens (tertiary/aromatic N) is 1. The third-order valence-corrected chi connectivity index (χ3v) is 6.43. The van der Waals surface area contributed by atoms with Gasteiger partial charge in [-0.1, -0.05) is 31.7 Å². The van der Waals surface area contributed by atoms with Crippen molar-refractivity contribution in [2.75, 3.05) is 13.1 Å². The van der Waals surface area contributed by atoms with Crippen LogP contribution in [-0.4, -0.2) is 41.9 Å². The number of likely N-dealkylation sites (N-methyl/N-ethyl adjacent to an activating group) is 1. The predicted molar refractivity (Wildman–Crippen MR) is 105 cm³/mol. The largest absolute Gasteiger partial charge is 0.355 e. The van der Waals surface area contributed by atoms with Crippen molar-refractivity contribution in [3.63, 3.8) is 0 Å². The third kappa shape index (κ3) is 5.07. The van der Waals surface area contributed by atoms with Crippen LogP contribution in [0.5, 0.6) is 0 Å². The van der Waals surface area contributed by atoms with E-state index in [1.807, 2.05) is 13.0 Å². The van der Waals surface area contributed by atoms with Crippen LogP contribution in [0.1, 0.15) is 56.7 Å². The van der Waals surface area contributed by atoms with Crippen molar-refractivity contribution in [1.29, 1.82) is 0 Å². The van der Waals surface area contributed by atoms with Gasteiger partial charge in [-0.2, -0.15) is 0 Å². The monoisotopic (exact) mass is 377 g/mol. The molecule has 144 valence electrons. The SMILES string of the molecule is CCNC(=O)[C@@H]1C[C@H](NC(=O)C2CCCCCC2)CN1Cc1cccs1. The fraction of sp³-hybridized carbons (Fsp3) is 0.700. The molecule has 2 N–H and O–H groups in total. The Balaban J connectivity index is 1.60. The first kappa shape index (κ1) is 19.4. The summed E-state index contributed by atoms with van der Waals surface area (Å²) in [6.07, 6.45) is 7.55. The van der Waals surface area contributed by atoms with Gasteiger partial charge in [-0.3, -0.25) is 14.5 Å². The highest BCUT2D eigenvalue weighted by Gasteiger charge is 2.38. The molecule has 2 fully saturated rings. The number of carbonyl (C=O) groups is 2. The Hall–Kier alpha value is -1.40. The molecule has 1 saturated carbocycles. The molecule has 1 aromatic heterocycles. The lowest BCUT2D eigenvalue weighted by Gasteiger charge is -2.22. The van der Waals surface area contributed by atoms with Crippen molar-refractivity contribution < 1.29 is 9.59 Å². The number of nitrogens with one attached hydrogen (secondary N) is 2. The highest BCUT2D eigenvalue weighted by Crippen LogP contribution is 2.26. The van der Waals surface area contributed by atoms with E-state index >= 15 is 0 Å². The van der Waals surface area contributed by atoms with Gasteiger partial charge in [-0.05, 0) is 37.6 Å². The molecule has 6 heteroatoms. The predicted octanol–water partition coefficient (Wildman–Crippen LogP) is 2.91. The van der Waals surface area contributed by atoms with Gasteiger partial charge in [-0.15, -0.1) is 11.3 Å². The molecule has 0 aromatic carbocycles. The number of carbonyl (C=O) groups excluding carboxylic acids is 2. The maximum atomic E-state index is 12.7. The zero-order valence-corrected chi connectivity index (χ0v) is 16.5. The Morgan fingerprint density at radius 1 is 1.19 bits per heavy atom. The van der Waals surface area contributed by atoms with Crippen LogP contribution >= 0.6 is 11.3 Å². The van der Waals surface area contributed by atoms with Gasteiger partial charge in [0, 0.05) is 36.5 Å². The average Bonchev–Trinajstić information content (AvgIpc) is 3.18. The second-order valence-electron chi connectivity index (χ2n) is 7.55. The summed E-state index contributed by atoms with van der Waals surface area (Å²) >= 11 is 1.72. The second-order valence-corrected chi connectivity index (χ2v) is 8.58. The van der Waals surface area contributed by atoms with Crippen LogP contribution in [0.25, 0.3) is 0 Å². The average molecular weight is 378 g/mol. The molecule has 2 amide bonds. The smallest absolute Gasteiger partial charge is 0.237 e. The maximum absolute atomic E-state index is 12.7. The molecule has 1 saturated heterocycles. The molecule has 0 unspecified atom stereocenters. The molecular formula is C20H31N3O2S. The van der Waals surface area contributed by atoms with Gasteiger partial charge in [0.25, 0.3) is 0 Å². The van der Waals surface area contributed by atoms with E-state index in [1.165, 1.54) is 17.7 Å². The van der Waals surface area contributed by atoms with Crippen LogP contribution in [0.4, 0.5) is 0 Å². The first-order valence-electron chi connectivity index (χ1n) is 10.0. The van der Waals surface area contributed by atoms with Crippen LogP contribution in [0, 0.1) is 5.92 Å². The van der Waals surface area contributed by atoms with Crippen LogP contribution in [0.15, 0.2) is 17.5 Å². The highest BCUT2D eigenvalue weighted by atomic mass is 32.1. The molecule has 5 nitrogen and oxygen atoms in total. The topological polar surface area (TPSA) is 61.4 Å². The quantitative estimate of drug-likeness (QED) is 0.750. The number of hydrogen-bond donors (Lipinski definition) is 2. The Morgan fingerprint density at radius 3 is 2.62 bits per heavy atom. The molecule has 0 radical (unpaired) electrons. The molecule has 2 heterocycles. The lowest BCUT2D eigenvalue weighted by Crippen LogP contribution is -2.42. The Labute approximate surface area is 160 Å². The minimum Gasteiger partial charge on any atom is -0.355 e. The molecular weight excluding hydrogens is 346 g/mol. The summed E-state index contributed by atoms with van der Waals surface area (Å²) in [5, 5.41) is 8.28. The number of likely N-dealkylation sites (tertiary alicyclic amines) is 1. The van der Waals surface area contributed by atoms with Crippen molar-refractivity contribution in [2.45, 2.75) is 70.5 Å². The number of thiophene rings is 1. The molecule has 1 aliphatic carbocycles. The molecule has 0 bridgehead atoms. The summed E-state index contributed by atoms with van der Waals surface area (Å²) in [5.41, 5.74) is 0. The normalized spacial score (nSPS) is 25.0. The number of amides is 2. The maximum Gasteiger partial charge on any atom is 0.237 e. The van der Waals surface area contributed by atoms with Crippen LogP contribution in [0.3, 0.4) is 0 Å². The summed E-state index contributed by atoms with van der Waals surface area (Å²) in [6.45, 7) is 4.11. The minimum absolute atomic E-state index is 0.0679. The summed E-state index contributed by atoms with van der Waals surface area (Å²) < 4.78 is 0. The Morgan fingerprint density at radius 2 is 1.96 bits per heavy atom. The molecule has 1 aliphatic heterocycles. The van der Waals surface area contributed by atoms with E-state index in [2.05, 4.69) is 27.0 Å². The van der Waals surface area contributed by atoms with E-state index in [4.69, 9.17) is 0 Å². The van der Waals surface area contributed by atoms with Gasteiger partial charge in [0.05, 0.1) is 6.04 Å². The zero-order chi connectivity index (χ0) is 18.4. The summed E-state index contributed by atoms with van der Waals surface area (Å²) in [6, 6.07) is 4.06. The highest BCUT2D eigenvalue weighted by molar-refractivity contribution is 7.09. The lowest BCUT2D eigenvalue weighted by molar-refractivity contribution is -0.127. The third-order valence-electron chi connectivity index (χ3n) is 5.57. The van der Waals surface area contributed by atoms with E-state index < -0.39 is 0 Å². The van der Waals surface area contributed by atoms with Gasteiger partial charge in [0.1, 0.15) is 0 Å². The number of rotatable bonds is 6. The van der Waals surface area contributed by atoms with E-state index in [9.17, 15) is 9.59 Å². The van der Waals surface area contributed by atoms with Crippen LogP contribution in [-0.2, 0) is 16.1 Å². The molecule has 26 heavy (non-hydrogen) atoms. The van der Waals surface area contributed by atoms with Crippen molar-refractivity contribution >= 4 is 23.2 Å². The Kier molecular flexibility index (Phi) is 7.08. The van der Waals surface area contributed by atoms with Crippen LogP contribution < -0.4 is 10.6 Å². The standard InChI is InChI=1S/C20H31N3O2S/c1-2-21-20(25)18-12-16(13-23(18)14-17-10-7-11-26-17)22-19(24)15-8-5-3-4-6-9-15/h7,10-11,15-16,18H,2-6,8-9,12-14H2,1H3,(H,21,25)(H,22,24)/t16-,18-/m0/s1. The van der Waals surface area contributed by atoms with Crippen molar-refractivity contribution in [3.05, 3.63) is 22.4 Å². The van der Waals surface area contributed by atoms with Gasteiger partial charge in [0.15, 0.2) is 0 Å². The van der Waals surface area contributed by atoms with Gasteiger partial charge >= 0.3 is 0 Å². The lowest BCUT2D eigenvalue weighted by atomic mass is 9.99. The zero-order valence-electron chi connectivity index (χ0n) is 15.7. The molecule has 3 rings (SSSR count). The second kappa shape index (κ2) is 9.51. The molecule has 1 aromatic rings. The fourth-order valence-corrected chi connectivity index (χ4v) is 4.94. The van der Waals surface area contributed by atoms with Crippen molar-refractivity contribution in [3.8, 4) is 0 Å². The first-order valence-corrected chi connectivity index (χ1v) is 10.9. The molecule has 2 aliphatic rings. The van der Waals surface area contributed by atoms with Gasteiger partial charge < -0.3 is 10.6 Å². The van der Waals surface area contributed by atoms with Gasteiger partial charge in [0.2, 0.25) is 11.8 Å².